The van der Waals surface area contributed by atoms with Gasteiger partial charge in [0.2, 0.25) is 5.91 Å². The Kier molecular flexibility index (Phi) is 3.64. The second-order valence-electron chi connectivity index (χ2n) is 5.02. The third-order valence-electron chi connectivity index (χ3n) is 3.31. The molecule has 0 aliphatic carbocycles. The third-order valence-corrected chi connectivity index (χ3v) is 4.44. The van der Waals surface area contributed by atoms with Gasteiger partial charge in [-0.15, -0.1) is 0 Å². The summed E-state index contributed by atoms with van der Waals surface area (Å²) in [6, 6.07) is 11.9. The first-order valence-corrected chi connectivity index (χ1v) is 7.44. The summed E-state index contributed by atoms with van der Waals surface area (Å²) in [5.74, 6) is -0.224. The number of anilines is 2. The molecule has 1 heterocycles. The molecule has 1 aliphatic heterocycles. The molecule has 0 saturated carbocycles. The van der Waals surface area contributed by atoms with Crippen molar-refractivity contribution in [3.05, 3.63) is 48.0 Å². The zero-order valence-electron chi connectivity index (χ0n) is 11.6. The summed E-state index contributed by atoms with van der Waals surface area (Å²) >= 11 is 1.46. The fourth-order valence-corrected chi connectivity index (χ4v) is 3.52. The first-order valence-electron chi connectivity index (χ1n) is 6.62. The normalized spacial score (nSPS) is 13.5. The Bertz CT molecular complexity index is 742. The fourth-order valence-electron chi connectivity index (χ4n) is 2.48. The number of hydrogen-bond acceptors (Lipinski definition) is 2. The van der Waals surface area contributed by atoms with Gasteiger partial charge in [0.1, 0.15) is 0 Å². The number of para-hydroxylation sites is 1. The zero-order valence-corrected chi connectivity index (χ0v) is 12.5. The van der Waals surface area contributed by atoms with E-state index in [9.17, 15) is 18.0 Å². The molecule has 2 nitrogen and oxygen atoms in total. The number of benzene rings is 2. The van der Waals surface area contributed by atoms with Crippen molar-refractivity contribution >= 4 is 29.0 Å². The maximum absolute atomic E-state index is 12.6. The van der Waals surface area contributed by atoms with Crippen LogP contribution in [0.4, 0.5) is 24.5 Å². The lowest BCUT2D eigenvalue weighted by atomic mass is 10.1. The molecule has 2 aromatic carbocycles. The van der Waals surface area contributed by atoms with E-state index in [-0.39, 0.29) is 11.5 Å². The first-order chi connectivity index (χ1) is 10.3. The van der Waals surface area contributed by atoms with Crippen LogP contribution in [-0.4, -0.2) is 12.1 Å². The Morgan fingerprint density at radius 2 is 1.77 bits per heavy atom. The third kappa shape index (κ3) is 2.83. The molecule has 2 aromatic rings. The molecule has 0 fully saturated rings. The Hall–Kier alpha value is -1.95. The standard InChI is InChI=1S/C16H12F3NOS/c1-10(21)20-12-4-2-3-5-14(12)22-15-7-6-11(8-13(15)20)9-16(17,18)19/h2-8H,9H2,1H3. The molecule has 0 spiro atoms. The minimum absolute atomic E-state index is 0.150. The highest BCUT2D eigenvalue weighted by Gasteiger charge is 2.30. The van der Waals surface area contributed by atoms with Gasteiger partial charge in [0.15, 0.2) is 0 Å². The quantitative estimate of drug-likeness (QED) is 0.741. The molecule has 0 bridgehead atoms. The lowest BCUT2D eigenvalue weighted by Gasteiger charge is -2.30. The Balaban J connectivity index is 2.09. The molecule has 3 rings (SSSR count). The van der Waals surface area contributed by atoms with Crippen molar-refractivity contribution in [3.63, 3.8) is 0 Å². The Morgan fingerprint density at radius 1 is 1.09 bits per heavy atom. The minimum atomic E-state index is -4.27. The Morgan fingerprint density at radius 3 is 2.45 bits per heavy atom. The maximum atomic E-state index is 12.6. The van der Waals surface area contributed by atoms with E-state index >= 15 is 0 Å². The molecule has 0 aromatic heterocycles. The van der Waals surface area contributed by atoms with Gasteiger partial charge in [0.25, 0.3) is 0 Å². The van der Waals surface area contributed by atoms with Gasteiger partial charge in [-0.25, -0.2) is 0 Å². The second-order valence-corrected chi connectivity index (χ2v) is 6.10. The monoisotopic (exact) mass is 323 g/mol. The van der Waals surface area contributed by atoms with Crippen LogP contribution >= 0.6 is 11.8 Å². The van der Waals surface area contributed by atoms with E-state index < -0.39 is 12.6 Å². The largest absolute Gasteiger partial charge is 0.393 e. The number of amides is 1. The number of rotatable bonds is 1. The van der Waals surface area contributed by atoms with Gasteiger partial charge in [-0.05, 0) is 29.8 Å². The van der Waals surface area contributed by atoms with Crippen LogP contribution < -0.4 is 4.90 Å². The summed E-state index contributed by atoms with van der Waals surface area (Å²) in [7, 11) is 0. The Labute approximate surface area is 129 Å². The van der Waals surface area contributed by atoms with E-state index in [0.29, 0.717) is 11.4 Å². The van der Waals surface area contributed by atoms with Crippen LogP contribution in [-0.2, 0) is 11.2 Å². The summed E-state index contributed by atoms with van der Waals surface area (Å²) in [5, 5.41) is 0. The van der Waals surface area contributed by atoms with Crippen LogP contribution in [0.5, 0.6) is 0 Å². The van der Waals surface area contributed by atoms with Gasteiger partial charge in [0, 0.05) is 16.7 Å². The molecule has 0 N–H and O–H groups in total. The molecule has 22 heavy (non-hydrogen) atoms. The number of hydrogen-bond donors (Lipinski definition) is 0. The van der Waals surface area contributed by atoms with Crippen LogP contribution in [0.3, 0.4) is 0 Å². The SMILES string of the molecule is CC(=O)N1c2ccccc2Sc2ccc(CC(F)(F)F)cc21. The topological polar surface area (TPSA) is 20.3 Å². The molecule has 0 saturated heterocycles. The highest BCUT2D eigenvalue weighted by Crippen LogP contribution is 2.48. The predicted molar refractivity (Wildman–Crippen MR) is 79.6 cm³/mol. The van der Waals surface area contributed by atoms with Gasteiger partial charge in [0.05, 0.1) is 17.8 Å². The van der Waals surface area contributed by atoms with Crippen molar-refractivity contribution in [3.8, 4) is 0 Å². The molecule has 114 valence electrons. The van der Waals surface area contributed by atoms with E-state index in [4.69, 9.17) is 0 Å². The van der Waals surface area contributed by atoms with Gasteiger partial charge in [-0.2, -0.15) is 13.2 Å². The van der Waals surface area contributed by atoms with Crippen LogP contribution in [0.1, 0.15) is 12.5 Å². The van der Waals surface area contributed by atoms with E-state index in [2.05, 4.69) is 0 Å². The number of carbonyl (C=O) groups is 1. The predicted octanol–water partition coefficient (Wildman–Crippen LogP) is 4.94. The van der Waals surface area contributed by atoms with Crippen LogP contribution in [0.2, 0.25) is 0 Å². The highest BCUT2D eigenvalue weighted by molar-refractivity contribution is 7.99. The van der Waals surface area contributed by atoms with Crippen LogP contribution in [0.15, 0.2) is 52.3 Å². The first kappa shape index (κ1) is 15.0. The molecule has 1 amide bonds. The zero-order chi connectivity index (χ0) is 15.9. The van der Waals surface area contributed by atoms with Gasteiger partial charge in [-0.3, -0.25) is 9.69 Å². The van der Waals surface area contributed by atoms with Crippen molar-refractivity contribution in [2.45, 2.75) is 29.3 Å². The average Bonchev–Trinajstić information content (AvgIpc) is 2.42. The number of nitrogens with zero attached hydrogens (tertiary/aromatic N) is 1. The van der Waals surface area contributed by atoms with Crippen LogP contribution in [0, 0.1) is 0 Å². The molecule has 0 unspecified atom stereocenters. The molecule has 0 atom stereocenters. The number of carbonyl (C=O) groups excluding carboxylic acids is 1. The van der Waals surface area contributed by atoms with E-state index in [0.717, 1.165) is 9.79 Å². The van der Waals surface area contributed by atoms with E-state index in [1.807, 2.05) is 12.1 Å². The lowest BCUT2D eigenvalue weighted by molar-refractivity contribution is -0.127. The highest BCUT2D eigenvalue weighted by atomic mass is 32.2. The lowest BCUT2D eigenvalue weighted by Crippen LogP contribution is -2.26. The average molecular weight is 323 g/mol. The van der Waals surface area contributed by atoms with E-state index in [1.165, 1.54) is 35.7 Å². The van der Waals surface area contributed by atoms with Gasteiger partial charge in [-0.1, -0.05) is 30.0 Å². The maximum Gasteiger partial charge on any atom is 0.393 e. The number of fused-ring (bicyclic) bond motifs is 2. The minimum Gasteiger partial charge on any atom is -0.279 e. The summed E-state index contributed by atoms with van der Waals surface area (Å²) in [4.78, 5) is 15.2. The van der Waals surface area contributed by atoms with Crippen molar-refractivity contribution in [2.24, 2.45) is 0 Å². The molecular formula is C16H12F3NOS. The van der Waals surface area contributed by atoms with Crippen molar-refractivity contribution < 1.29 is 18.0 Å². The second kappa shape index (κ2) is 5.35. The van der Waals surface area contributed by atoms with Crippen molar-refractivity contribution in [1.82, 2.24) is 0 Å². The molecule has 1 aliphatic rings. The smallest absolute Gasteiger partial charge is 0.279 e. The van der Waals surface area contributed by atoms with Crippen molar-refractivity contribution in [1.29, 1.82) is 0 Å². The molecular weight excluding hydrogens is 311 g/mol. The number of alkyl halides is 3. The van der Waals surface area contributed by atoms with Gasteiger partial charge < -0.3 is 0 Å². The van der Waals surface area contributed by atoms with Crippen LogP contribution in [0.25, 0.3) is 0 Å². The number of halogens is 3. The molecule has 6 heteroatoms. The summed E-state index contributed by atoms with van der Waals surface area (Å²) in [5.41, 5.74) is 1.37. The summed E-state index contributed by atoms with van der Waals surface area (Å²) in [6.07, 6.45) is -5.27. The van der Waals surface area contributed by atoms with E-state index in [1.54, 1.807) is 18.2 Å². The van der Waals surface area contributed by atoms with Gasteiger partial charge >= 0.3 is 6.18 Å². The fraction of sp³-hybridized carbons (Fsp3) is 0.188. The summed E-state index contributed by atoms with van der Waals surface area (Å²) in [6.45, 7) is 1.41. The van der Waals surface area contributed by atoms with Crippen molar-refractivity contribution in [2.75, 3.05) is 4.90 Å². The molecule has 0 radical (unpaired) electrons. The summed E-state index contributed by atoms with van der Waals surface area (Å²) < 4.78 is 37.7.